The van der Waals surface area contributed by atoms with Crippen LogP contribution in [0.3, 0.4) is 0 Å². The number of nitrogens with zero attached hydrogens (tertiary/aromatic N) is 2. The molecule has 0 saturated heterocycles. The Balaban J connectivity index is 1.83. The third-order valence-electron chi connectivity index (χ3n) is 4.89. The predicted octanol–water partition coefficient (Wildman–Crippen LogP) is 2.03. The Labute approximate surface area is 179 Å². The Kier molecular flexibility index (Phi) is 6.54. The summed E-state index contributed by atoms with van der Waals surface area (Å²) < 4.78 is 16.8. The Morgan fingerprint density at radius 1 is 1.00 bits per heavy atom. The smallest absolute Gasteiger partial charge is 0.336 e. The van der Waals surface area contributed by atoms with E-state index in [-0.39, 0.29) is 17.8 Å². The number of ether oxygens (including phenoxy) is 3. The number of hydrogen-bond acceptors (Lipinski definition) is 8. The maximum atomic E-state index is 13.0. The van der Waals surface area contributed by atoms with Gasteiger partial charge in [0.1, 0.15) is 12.5 Å². The molecule has 9 nitrogen and oxygen atoms in total. The van der Waals surface area contributed by atoms with Gasteiger partial charge in [0.15, 0.2) is 0 Å². The molecule has 0 fully saturated rings. The van der Waals surface area contributed by atoms with Gasteiger partial charge in [-0.2, -0.15) is 5.10 Å². The van der Waals surface area contributed by atoms with Crippen molar-refractivity contribution in [2.45, 2.75) is 20.5 Å². The molecule has 1 aromatic heterocycles. The zero-order valence-electron chi connectivity index (χ0n) is 17.7. The van der Waals surface area contributed by atoms with E-state index >= 15 is 0 Å². The topological polar surface area (TPSA) is 109 Å². The fraction of sp³-hybridized carbons (Fsp3) is 0.273. The van der Waals surface area contributed by atoms with Crippen molar-refractivity contribution in [3.8, 4) is 5.69 Å². The van der Waals surface area contributed by atoms with Crippen LogP contribution in [-0.4, -0.2) is 41.9 Å². The first kappa shape index (κ1) is 21.8. The summed E-state index contributed by atoms with van der Waals surface area (Å²) in [5.74, 6) is -3.48. The standard InChI is InChI=1S/C22H23N3O6/c1-13-17(20(26)29-3)19(18(14(2)24-13)21(27)30-4)22(28)31-12-15-6-8-16(9-7-15)25-11-5-10-23-25/h5-11,19,24H,12H2,1-4H3. The van der Waals surface area contributed by atoms with Crippen LogP contribution in [0, 0.1) is 5.92 Å². The van der Waals surface area contributed by atoms with Crippen molar-refractivity contribution in [3.05, 3.63) is 70.8 Å². The lowest BCUT2D eigenvalue weighted by atomic mass is 9.85. The van der Waals surface area contributed by atoms with E-state index in [2.05, 4.69) is 10.4 Å². The fourth-order valence-corrected chi connectivity index (χ4v) is 3.40. The van der Waals surface area contributed by atoms with Crippen LogP contribution in [0.1, 0.15) is 19.4 Å². The second-order valence-corrected chi connectivity index (χ2v) is 6.84. The van der Waals surface area contributed by atoms with Gasteiger partial charge in [0.05, 0.1) is 31.1 Å². The van der Waals surface area contributed by atoms with Gasteiger partial charge in [-0.1, -0.05) is 12.1 Å². The molecule has 0 unspecified atom stereocenters. The number of nitrogens with one attached hydrogen (secondary N) is 1. The molecular formula is C22H23N3O6. The van der Waals surface area contributed by atoms with Gasteiger partial charge in [0, 0.05) is 23.8 Å². The number of dihydropyridines is 1. The molecule has 1 aliphatic heterocycles. The van der Waals surface area contributed by atoms with E-state index in [0.717, 1.165) is 11.3 Å². The van der Waals surface area contributed by atoms with Crippen LogP contribution < -0.4 is 5.32 Å². The second kappa shape index (κ2) is 9.29. The van der Waals surface area contributed by atoms with E-state index in [1.807, 2.05) is 24.4 Å². The molecule has 9 heteroatoms. The highest BCUT2D eigenvalue weighted by molar-refractivity contribution is 6.05. The summed E-state index contributed by atoms with van der Waals surface area (Å²) in [6.07, 6.45) is 3.50. The molecule has 0 atom stereocenters. The van der Waals surface area contributed by atoms with Crippen molar-refractivity contribution < 1.29 is 28.6 Å². The van der Waals surface area contributed by atoms with Crippen LogP contribution in [0.5, 0.6) is 0 Å². The van der Waals surface area contributed by atoms with Crippen LogP contribution >= 0.6 is 0 Å². The lowest BCUT2D eigenvalue weighted by Gasteiger charge is -2.28. The molecule has 1 N–H and O–H groups in total. The Bertz CT molecular complexity index is 1010. The average Bonchev–Trinajstić information content (AvgIpc) is 3.31. The van der Waals surface area contributed by atoms with E-state index < -0.39 is 23.8 Å². The minimum Gasteiger partial charge on any atom is -0.466 e. The van der Waals surface area contributed by atoms with Crippen molar-refractivity contribution >= 4 is 17.9 Å². The van der Waals surface area contributed by atoms with Gasteiger partial charge >= 0.3 is 17.9 Å². The van der Waals surface area contributed by atoms with E-state index in [4.69, 9.17) is 14.2 Å². The number of allylic oxidation sites excluding steroid dienone is 2. The largest absolute Gasteiger partial charge is 0.466 e. The first-order valence-corrected chi connectivity index (χ1v) is 9.48. The molecule has 0 spiro atoms. The average molecular weight is 425 g/mol. The van der Waals surface area contributed by atoms with Crippen LogP contribution in [0.15, 0.2) is 65.3 Å². The fourth-order valence-electron chi connectivity index (χ4n) is 3.40. The highest BCUT2D eigenvalue weighted by Gasteiger charge is 2.42. The minimum absolute atomic E-state index is 0.00697. The summed E-state index contributed by atoms with van der Waals surface area (Å²) in [4.78, 5) is 37.8. The Morgan fingerprint density at radius 3 is 2.06 bits per heavy atom. The van der Waals surface area contributed by atoms with Gasteiger partial charge < -0.3 is 19.5 Å². The van der Waals surface area contributed by atoms with Gasteiger partial charge in [-0.15, -0.1) is 0 Å². The molecule has 2 aromatic rings. The Hall–Kier alpha value is -3.88. The predicted molar refractivity (Wildman–Crippen MR) is 109 cm³/mol. The van der Waals surface area contributed by atoms with Gasteiger partial charge in [-0.25, -0.2) is 14.3 Å². The lowest BCUT2D eigenvalue weighted by Crippen LogP contribution is -2.37. The van der Waals surface area contributed by atoms with Crippen molar-refractivity contribution in [3.63, 3.8) is 0 Å². The Morgan fingerprint density at radius 2 is 1.58 bits per heavy atom. The number of carbonyl (C=O) groups is 3. The zero-order chi connectivity index (χ0) is 22.5. The van der Waals surface area contributed by atoms with Gasteiger partial charge in [-0.3, -0.25) is 4.79 Å². The summed E-state index contributed by atoms with van der Waals surface area (Å²) in [5.41, 5.74) is 2.42. The molecule has 0 aliphatic carbocycles. The second-order valence-electron chi connectivity index (χ2n) is 6.84. The van der Waals surface area contributed by atoms with Gasteiger partial charge in [-0.05, 0) is 37.6 Å². The minimum atomic E-state index is -1.26. The van der Waals surface area contributed by atoms with Crippen LogP contribution in [-0.2, 0) is 35.2 Å². The molecule has 162 valence electrons. The van der Waals surface area contributed by atoms with Gasteiger partial charge in [0.25, 0.3) is 0 Å². The van der Waals surface area contributed by atoms with E-state index in [1.165, 1.54) is 14.2 Å². The van der Waals surface area contributed by atoms with E-state index in [9.17, 15) is 14.4 Å². The molecule has 1 aliphatic rings. The molecule has 0 bridgehead atoms. The molecule has 0 amide bonds. The van der Waals surface area contributed by atoms with Gasteiger partial charge in [0.2, 0.25) is 0 Å². The summed E-state index contributed by atoms with van der Waals surface area (Å²) in [6, 6.07) is 9.11. The highest BCUT2D eigenvalue weighted by Crippen LogP contribution is 2.32. The molecule has 3 rings (SSSR count). The van der Waals surface area contributed by atoms with Crippen LogP contribution in [0.4, 0.5) is 0 Å². The first-order valence-electron chi connectivity index (χ1n) is 9.48. The number of aromatic nitrogens is 2. The molecule has 31 heavy (non-hydrogen) atoms. The summed E-state index contributed by atoms with van der Waals surface area (Å²) in [5, 5.41) is 7.09. The molecule has 0 saturated carbocycles. The SMILES string of the molecule is COC(=O)C1=C(C)NC(C)=C(C(=O)OC)C1C(=O)OCc1ccc(-n2cccn2)cc1. The lowest BCUT2D eigenvalue weighted by molar-refractivity contribution is -0.152. The monoisotopic (exact) mass is 425 g/mol. The number of esters is 3. The number of hydrogen-bond donors (Lipinski definition) is 1. The number of carbonyl (C=O) groups excluding carboxylic acids is 3. The third kappa shape index (κ3) is 4.50. The number of rotatable bonds is 6. The van der Waals surface area contributed by atoms with Crippen molar-refractivity contribution in [1.29, 1.82) is 0 Å². The van der Waals surface area contributed by atoms with E-state index in [0.29, 0.717) is 11.4 Å². The molecular weight excluding hydrogens is 402 g/mol. The van der Waals surface area contributed by atoms with E-state index in [1.54, 1.807) is 36.9 Å². The summed E-state index contributed by atoms with van der Waals surface area (Å²) >= 11 is 0. The number of methoxy groups -OCH3 is 2. The maximum absolute atomic E-state index is 13.0. The van der Waals surface area contributed by atoms with Crippen molar-refractivity contribution in [1.82, 2.24) is 15.1 Å². The van der Waals surface area contributed by atoms with Crippen molar-refractivity contribution in [2.24, 2.45) is 5.92 Å². The summed E-state index contributed by atoms with van der Waals surface area (Å²) in [6.45, 7) is 3.21. The van der Waals surface area contributed by atoms with Crippen LogP contribution in [0.25, 0.3) is 5.69 Å². The molecule has 2 heterocycles. The third-order valence-corrected chi connectivity index (χ3v) is 4.89. The quantitative estimate of drug-likeness (QED) is 0.553. The summed E-state index contributed by atoms with van der Waals surface area (Å²) in [7, 11) is 2.41. The number of benzene rings is 1. The maximum Gasteiger partial charge on any atom is 0.336 e. The first-order chi connectivity index (χ1) is 14.9. The molecule has 1 aromatic carbocycles. The van der Waals surface area contributed by atoms with Crippen LogP contribution in [0.2, 0.25) is 0 Å². The van der Waals surface area contributed by atoms with Crippen molar-refractivity contribution in [2.75, 3.05) is 14.2 Å². The molecule has 0 radical (unpaired) electrons. The normalized spacial score (nSPS) is 14.2. The zero-order valence-corrected chi connectivity index (χ0v) is 17.7. The highest BCUT2D eigenvalue weighted by atomic mass is 16.5.